The number of carbonyl (C=O) groups is 1. The van der Waals surface area contributed by atoms with Crippen LogP contribution >= 0.6 is 11.6 Å². The van der Waals surface area contributed by atoms with Gasteiger partial charge in [-0.15, -0.1) is 0 Å². The summed E-state index contributed by atoms with van der Waals surface area (Å²) in [4.78, 5) is 16.3. The molecule has 24 heavy (non-hydrogen) atoms. The third kappa shape index (κ3) is 3.72. The number of nitrogens with one attached hydrogen (secondary N) is 1. The van der Waals surface area contributed by atoms with Gasteiger partial charge < -0.3 is 14.6 Å². The molecule has 0 saturated heterocycles. The number of aromatic nitrogens is 2. The minimum atomic E-state index is -0.262. The molecule has 1 heterocycles. The normalized spacial score (nSPS) is 10.4. The molecule has 3 rings (SSSR count). The van der Waals surface area contributed by atoms with Gasteiger partial charge in [0, 0.05) is 16.1 Å². The molecule has 0 bridgehead atoms. The maximum Gasteiger partial charge on any atom is 0.251 e. The molecule has 0 spiro atoms. The van der Waals surface area contributed by atoms with E-state index in [0.717, 1.165) is 11.3 Å². The first-order valence-electron chi connectivity index (χ1n) is 7.16. The van der Waals surface area contributed by atoms with E-state index in [-0.39, 0.29) is 12.5 Å². The number of amides is 1. The predicted octanol–water partition coefficient (Wildman–Crippen LogP) is 3.33. The van der Waals surface area contributed by atoms with E-state index in [1.165, 1.54) is 0 Å². The van der Waals surface area contributed by atoms with Crippen LogP contribution in [0.15, 0.2) is 53.1 Å². The van der Waals surface area contributed by atoms with E-state index < -0.39 is 0 Å². The molecule has 7 heteroatoms. The van der Waals surface area contributed by atoms with Gasteiger partial charge in [0.2, 0.25) is 11.7 Å². The van der Waals surface area contributed by atoms with Crippen LogP contribution < -0.4 is 10.1 Å². The quantitative estimate of drug-likeness (QED) is 0.768. The average molecular weight is 344 g/mol. The molecule has 0 aliphatic heterocycles. The van der Waals surface area contributed by atoms with E-state index in [1.54, 1.807) is 31.4 Å². The summed E-state index contributed by atoms with van der Waals surface area (Å²) in [7, 11) is 1.60. The molecular formula is C17H14ClN3O3. The summed E-state index contributed by atoms with van der Waals surface area (Å²) >= 11 is 5.87. The van der Waals surface area contributed by atoms with Crippen LogP contribution in [-0.2, 0) is 6.54 Å². The summed E-state index contributed by atoms with van der Waals surface area (Å²) in [5.41, 5.74) is 1.27. The van der Waals surface area contributed by atoms with Crippen LogP contribution in [0.3, 0.4) is 0 Å². The Balaban J connectivity index is 1.64. The molecule has 0 radical (unpaired) electrons. The first-order valence-corrected chi connectivity index (χ1v) is 7.54. The van der Waals surface area contributed by atoms with Gasteiger partial charge >= 0.3 is 0 Å². The Morgan fingerprint density at radius 1 is 1.25 bits per heavy atom. The molecule has 1 N–H and O–H groups in total. The number of rotatable bonds is 5. The van der Waals surface area contributed by atoms with Gasteiger partial charge in [0.25, 0.3) is 5.91 Å². The Morgan fingerprint density at radius 3 is 2.75 bits per heavy atom. The molecule has 0 aliphatic rings. The lowest BCUT2D eigenvalue weighted by Gasteiger charge is -2.02. The third-order valence-electron chi connectivity index (χ3n) is 3.30. The van der Waals surface area contributed by atoms with Crippen molar-refractivity contribution in [2.45, 2.75) is 6.54 Å². The van der Waals surface area contributed by atoms with Crippen LogP contribution in [0.4, 0.5) is 0 Å². The number of nitrogens with zero attached hydrogens (tertiary/aromatic N) is 2. The van der Waals surface area contributed by atoms with Crippen LogP contribution in [-0.4, -0.2) is 23.2 Å². The Kier molecular flexibility index (Phi) is 4.77. The van der Waals surface area contributed by atoms with Crippen molar-refractivity contribution in [1.82, 2.24) is 15.5 Å². The van der Waals surface area contributed by atoms with E-state index in [9.17, 15) is 4.79 Å². The number of ether oxygens (including phenoxy) is 1. The minimum absolute atomic E-state index is 0.133. The highest BCUT2D eigenvalue weighted by atomic mass is 35.5. The number of benzene rings is 2. The molecule has 6 nitrogen and oxygen atoms in total. The topological polar surface area (TPSA) is 77.3 Å². The van der Waals surface area contributed by atoms with Gasteiger partial charge in [-0.1, -0.05) is 22.8 Å². The number of carbonyl (C=O) groups excluding carboxylic acids is 1. The fourth-order valence-corrected chi connectivity index (χ4v) is 2.26. The van der Waals surface area contributed by atoms with Crippen LogP contribution in [0.2, 0.25) is 5.02 Å². The number of hydrogen-bond acceptors (Lipinski definition) is 5. The highest BCUT2D eigenvalue weighted by molar-refractivity contribution is 6.30. The zero-order valence-electron chi connectivity index (χ0n) is 12.8. The van der Waals surface area contributed by atoms with Crippen LogP contribution in [0.1, 0.15) is 16.2 Å². The van der Waals surface area contributed by atoms with Crippen LogP contribution in [0.25, 0.3) is 11.4 Å². The first-order chi connectivity index (χ1) is 11.7. The molecule has 0 unspecified atom stereocenters. The molecule has 2 aromatic carbocycles. The molecule has 0 atom stereocenters. The third-order valence-corrected chi connectivity index (χ3v) is 3.54. The molecule has 1 aromatic heterocycles. The van der Waals surface area contributed by atoms with Crippen LogP contribution in [0.5, 0.6) is 5.75 Å². The lowest BCUT2D eigenvalue weighted by molar-refractivity contribution is 0.0946. The second-order valence-electron chi connectivity index (χ2n) is 4.93. The molecular weight excluding hydrogens is 330 g/mol. The lowest BCUT2D eigenvalue weighted by Crippen LogP contribution is -2.22. The van der Waals surface area contributed by atoms with E-state index in [0.29, 0.717) is 22.3 Å². The SMILES string of the molecule is COc1ccc(-c2noc(CNC(=O)c3cccc(Cl)c3)n2)cc1. The predicted molar refractivity (Wildman–Crippen MR) is 88.9 cm³/mol. The highest BCUT2D eigenvalue weighted by Crippen LogP contribution is 2.19. The fourth-order valence-electron chi connectivity index (χ4n) is 2.07. The molecule has 0 saturated carbocycles. The second kappa shape index (κ2) is 7.14. The van der Waals surface area contributed by atoms with Crippen molar-refractivity contribution in [3.63, 3.8) is 0 Å². The fraction of sp³-hybridized carbons (Fsp3) is 0.118. The molecule has 1 amide bonds. The number of halogens is 1. The van der Waals surface area contributed by atoms with E-state index >= 15 is 0 Å². The minimum Gasteiger partial charge on any atom is -0.497 e. The monoisotopic (exact) mass is 343 g/mol. The van der Waals surface area contributed by atoms with Gasteiger partial charge in [0.1, 0.15) is 5.75 Å². The second-order valence-corrected chi connectivity index (χ2v) is 5.37. The molecule has 3 aromatic rings. The van der Waals surface area contributed by atoms with Crippen molar-refractivity contribution in [3.05, 3.63) is 65.0 Å². The van der Waals surface area contributed by atoms with Crippen molar-refractivity contribution >= 4 is 17.5 Å². The van der Waals surface area contributed by atoms with Gasteiger partial charge in [-0.2, -0.15) is 4.98 Å². The summed E-state index contributed by atoms with van der Waals surface area (Å²) in [6.45, 7) is 0.133. The molecule has 0 aliphatic carbocycles. The summed E-state index contributed by atoms with van der Waals surface area (Å²) in [5.74, 6) is 1.25. The summed E-state index contributed by atoms with van der Waals surface area (Å²) in [6, 6.07) is 14.0. The van der Waals surface area contributed by atoms with Gasteiger partial charge in [0.15, 0.2) is 0 Å². The first kappa shape index (κ1) is 16.0. The number of methoxy groups -OCH3 is 1. The van der Waals surface area contributed by atoms with Crippen molar-refractivity contribution in [3.8, 4) is 17.1 Å². The number of hydrogen-bond donors (Lipinski definition) is 1. The van der Waals surface area contributed by atoms with Crippen molar-refractivity contribution < 1.29 is 14.1 Å². The van der Waals surface area contributed by atoms with Crippen molar-refractivity contribution in [1.29, 1.82) is 0 Å². The standard InChI is InChI=1S/C17H14ClN3O3/c1-23-14-7-5-11(6-8-14)16-20-15(24-21-16)10-19-17(22)12-3-2-4-13(18)9-12/h2-9H,10H2,1H3,(H,19,22). The highest BCUT2D eigenvalue weighted by Gasteiger charge is 2.11. The van der Waals surface area contributed by atoms with Crippen molar-refractivity contribution in [2.24, 2.45) is 0 Å². The molecule has 0 fully saturated rings. The van der Waals surface area contributed by atoms with Gasteiger partial charge in [-0.05, 0) is 42.5 Å². The Morgan fingerprint density at radius 2 is 2.04 bits per heavy atom. The smallest absolute Gasteiger partial charge is 0.251 e. The Labute approximate surface area is 143 Å². The maximum absolute atomic E-state index is 12.0. The van der Waals surface area contributed by atoms with Gasteiger partial charge in [-0.25, -0.2) is 0 Å². The van der Waals surface area contributed by atoms with E-state index in [1.807, 2.05) is 24.3 Å². The van der Waals surface area contributed by atoms with E-state index in [2.05, 4.69) is 15.5 Å². The lowest BCUT2D eigenvalue weighted by atomic mass is 10.2. The average Bonchev–Trinajstić information content (AvgIpc) is 3.09. The maximum atomic E-state index is 12.0. The summed E-state index contributed by atoms with van der Waals surface area (Å²) in [6.07, 6.45) is 0. The van der Waals surface area contributed by atoms with Gasteiger partial charge in [0.05, 0.1) is 13.7 Å². The zero-order valence-corrected chi connectivity index (χ0v) is 13.6. The van der Waals surface area contributed by atoms with Crippen LogP contribution in [0, 0.1) is 0 Å². The largest absolute Gasteiger partial charge is 0.497 e. The summed E-state index contributed by atoms with van der Waals surface area (Å²) < 4.78 is 10.3. The van der Waals surface area contributed by atoms with Gasteiger partial charge in [-0.3, -0.25) is 4.79 Å². The Bertz CT molecular complexity index is 846. The molecule has 122 valence electrons. The zero-order chi connectivity index (χ0) is 16.9. The van der Waals surface area contributed by atoms with Crippen molar-refractivity contribution in [2.75, 3.05) is 7.11 Å². The summed E-state index contributed by atoms with van der Waals surface area (Å²) in [5, 5.41) is 7.12. The van der Waals surface area contributed by atoms with E-state index in [4.69, 9.17) is 20.9 Å². The Hall–Kier alpha value is -2.86.